The number of ether oxygens (including phenoxy) is 1. The minimum Gasteiger partial charge on any atom is -0.377 e. The molecule has 2 aromatic heterocycles. The van der Waals surface area contributed by atoms with Crippen molar-refractivity contribution in [3.8, 4) is 0 Å². The van der Waals surface area contributed by atoms with Crippen LogP contribution in [0.2, 0.25) is 0 Å². The van der Waals surface area contributed by atoms with Gasteiger partial charge in [0.15, 0.2) is 11.5 Å². The fourth-order valence-corrected chi connectivity index (χ4v) is 2.22. The second-order valence-corrected chi connectivity index (χ2v) is 4.48. The average Bonchev–Trinajstić information content (AvgIpc) is 2.62. The molecule has 0 saturated heterocycles. The molecule has 0 aliphatic rings. The zero-order chi connectivity index (χ0) is 11.5. The Morgan fingerprint density at radius 2 is 2.25 bits per heavy atom. The maximum atomic E-state index is 5.02. The van der Waals surface area contributed by atoms with Crippen LogP contribution in [0.1, 0.15) is 24.7 Å². The molecule has 5 heteroatoms. The summed E-state index contributed by atoms with van der Waals surface area (Å²) in [5.74, 6) is 0.705. The van der Waals surface area contributed by atoms with Crippen molar-refractivity contribution >= 4 is 21.6 Å². The van der Waals surface area contributed by atoms with E-state index in [1.165, 1.54) is 5.56 Å². The summed E-state index contributed by atoms with van der Waals surface area (Å²) in [5.41, 5.74) is 2.14. The van der Waals surface area contributed by atoms with Gasteiger partial charge >= 0.3 is 0 Å². The molecule has 0 N–H and O–H groups in total. The largest absolute Gasteiger partial charge is 0.377 e. The van der Waals surface area contributed by atoms with Gasteiger partial charge in [-0.15, -0.1) is 5.10 Å². The number of aromatic nitrogens is 3. The van der Waals surface area contributed by atoms with E-state index < -0.39 is 0 Å². The van der Waals surface area contributed by atoms with Gasteiger partial charge in [-0.25, -0.2) is 9.50 Å². The quantitative estimate of drug-likeness (QED) is 0.810. The molecule has 0 aliphatic heterocycles. The van der Waals surface area contributed by atoms with Crippen molar-refractivity contribution in [3.05, 3.63) is 28.1 Å². The lowest BCUT2D eigenvalue weighted by Gasteiger charge is -2.01. The van der Waals surface area contributed by atoms with Crippen LogP contribution < -0.4 is 0 Å². The van der Waals surface area contributed by atoms with Gasteiger partial charge in [0, 0.05) is 7.11 Å². The number of hydrogen-bond acceptors (Lipinski definition) is 3. The van der Waals surface area contributed by atoms with Gasteiger partial charge in [0.05, 0.1) is 0 Å². The van der Waals surface area contributed by atoms with Crippen molar-refractivity contribution in [3.63, 3.8) is 0 Å². The van der Waals surface area contributed by atoms with Crippen LogP contribution in [-0.2, 0) is 17.8 Å². The lowest BCUT2D eigenvalue weighted by atomic mass is 10.1. The molecular formula is C11H14BrN3O. The minimum absolute atomic E-state index is 0.442. The molecule has 0 atom stereocenters. The van der Waals surface area contributed by atoms with E-state index in [0.29, 0.717) is 12.4 Å². The lowest BCUT2D eigenvalue weighted by molar-refractivity contribution is 0.178. The lowest BCUT2D eigenvalue weighted by Crippen LogP contribution is -1.94. The van der Waals surface area contributed by atoms with Crippen LogP contribution in [0.15, 0.2) is 16.7 Å². The summed E-state index contributed by atoms with van der Waals surface area (Å²) >= 11 is 3.50. The van der Waals surface area contributed by atoms with E-state index in [1.807, 2.05) is 0 Å². The van der Waals surface area contributed by atoms with Crippen molar-refractivity contribution in [1.29, 1.82) is 0 Å². The van der Waals surface area contributed by atoms with Crippen LogP contribution >= 0.6 is 15.9 Å². The molecule has 0 radical (unpaired) electrons. The standard InChI is InChI=1S/C11H14BrN3O/c1-3-4-8-5-9(12)15-11(6-8)13-10(14-15)7-16-2/h5-6H,3-4,7H2,1-2H3. The van der Waals surface area contributed by atoms with Crippen molar-refractivity contribution < 1.29 is 4.74 Å². The van der Waals surface area contributed by atoms with Crippen LogP contribution in [0, 0.1) is 0 Å². The molecule has 0 fully saturated rings. The Morgan fingerprint density at radius 3 is 2.94 bits per heavy atom. The number of aryl methyl sites for hydroxylation is 1. The zero-order valence-corrected chi connectivity index (χ0v) is 11.0. The molecule has 4 nitrogen and oxygen atoms in total. The molecule has 16 heavy (non-hydrogen) atoms. The minimum atomic E-state index is 0.442. The molecule has 0 aliphatic carbocycles. The molecule has 0 aromatic carbocycles. The summed E-state index contributed by atoms with van der Waals surface area (Å²) in [6.07, 6.45) is 2.18. The molecule has 0 unspecified atom stereocenters. The molecule has 0 amide bonds. The fourth-order valence-electron chi connectivity index (χ4n) is 1.66. The third-order valence-corrected chi connectivity index (χ3v) is 2.87. The van der Waals surface area contributed by atoms with Gasteiger partial charge in [0.25, 0.3) is 0 Å². The number of fused-ring (bicyclic) bond motifs is 1. The highest BCUT2D eigenvalue weighted by atomic mass is 79.9. The fraction of sp³-hybridized carbons (Fsp3) is 0.455. The zero-order valence-electron chi connectivity index (χ0n) is 9.40. The SMILES string of the molecule is CCCc1cc(Br)n2nc(COC)nc2c1. The Kier molecular flexibility index (Phi) is 3.56. The molecule has 2 rings (SSSR count). The van der Waals surface area contributed by atoms with Gasteiger partial charge in [-0.05, 0) is 40.0 Å². The van der Waals surface area contributed by atoms with Gasteiger partial charge in [0.1, 0.15) is 11.2 Å². The first-order chi connectivity index (χ1) is 7.74. The molecule has 0 saturated carbocycles. The van der Waals surface area contributed by atoms with Gasteiger partial charge in [-0.3, -0.25) is 0 Å². The van der Waals surface area contributed by atoms with E-state index in [0.717, 1.165) is 23.1 Å². The summed E-state index contributed by atoms with van der Waals surface area (Å²) in [6, 6.07) is 4.15. The van der Waals surface area contributed by atoms with Crippen LogP contribution in [0.4, 0.5) is 0 Å². The monoisotopic (exact) mass is 283 g/mol. The maximum Gasteiger partial charge on any atom is 0.177 e. The molecular weight excluding hydrogens is 270 g/mol. The molecule has 2 aromatic rings. The van der Waals surface area contributed by atoms with Crippen LogP contribution in [0.5, 0.6) is 0 Å². The number of nitrogens with zero attached hydrogens (tertiary/aromatic N) is 3. The molecule has 0 spiro atoms. The first-order valence-corrected chi connectivity index (χ1v) is 6.07. The first kappa shape index (κ1) is 11.5. The summed E-state index contributed by atoms with van der Waals surface area (Å²) in [4.78, 5) is 4.40. The Hall–Kier alpha value is -0.940. The molecule has 2 heterocycles. The van der Waals surface area contributed by atoms with E-state index in [-0.39, 0.29) is 0 Å². The van der Waals surface area contributed by atoms with E-state index in [4.69, 9.17) is 4.74 Å². The van der Waals surface area contributed by atoms with Crippen molar-refractivity contribution in [2.24, 2.45) is 0 Å². The highest BCUT2D eigenvalue weighted by Gasteiger charge is 2.07. The summed E-state index contributed by atoms with van der Waals surface area (Å²) in [6.45, 7) is 2.61. The third-order valence-electron chi connectivity index (χ3n) is 2.31. The Labute approximate surface area is 103 Å². The topological polar surface area (TPSA) is 39.4 Å². The Bertz CT molecular complexity index is 495. The van der Waals surface area contributed by atoms with Crippen LogP contribution in [-0.4, -0.2) is 21.7 Å². The Morgan fingerprint density at radius 1 is 1.44 bits per heavy atom. The normalized spacial score (nSPS) is 11.2. The van der Waals surface area contributed by atoms with E-state index >= 15 is 0 Å². The highest BCUT2D eigenvalue weighted by Crippen LogP contribution is 2.17. The Balaban J connectivity index is 2.45. The molecule has 86 valence electrons. The van der Waals surface area contributed by atoms with E-state index in [9.17, 15) is 0 Å². The second-order valence-electron chi connectivity index (χ2n) is 3.67. The van der Waals surface area contributed by atoms with Gasteiger partial charge < -0.3 is 4.74 Å². The highest BCUT2D eigenvalue weighted by molar-refractivity contribution is 9.10. The van der Waals surface area contributed by atoms with Gasteiger partial charge in [0.2, 0.25) is 0 Å². The number of methoxy groups -OCH3 is 1. The number of halogens is 1. The predicted octanol–water partition coefficient (Wildman–Crippen LogP) is 2.59. The van der Waals surface area contributed by atoms with E-state index in [2.05, 4.69) is 45.1 Å². The smallest absolute Gasteiger partial charge is 0.177 e. The maximum absolute atomic E-state index is 5.02. The van der Waals surface area contributed by atoms with E-state index in [1.54, 1.807) is 11.6 Å². The first-order valence-electron chi connectivity index (χ1n) is 5.27. The van der Waals surface area contributed by atoms with Gasteiger partial charge in [-0.2, -0.15) is 0 Å². The number of rotatable bonds is 4. The van der Waals surface area contributed by atoms with Crippen molar-refractivity contribution in [2.45, 2.75) is 26.4 Å². The second kappa shape index (κ2) is 4.93. The molecule has 0 bridgehead atoms. The summed E-state index contributed by atoms with van der Waals surface area (Å²) in [5, 5.41) is 4.34. The average molecular weight is 284 g/mol. The number of pyridine rings is 1. The predicted molar refractivity (Wildman–Crippen MR) is 65.4 cm³/mol. The van der Waals surface area contributed by atoms with Gasteiger partial charge in [-0.1, -0.05) is 13.3 Å². The summed E-state index contributed by atoms with van der Waals surface area (Å²) in [7, 11) is 1.64. The summed E-state index contributed by atoms with van der Waals surface area (Å²) < 4.78 is 7.74. The third kappa shape index (κ3) is 2.25. The van der Waals surface area contributed by atoms with Crippen molar-refractivity contribution in [1.82, 2.24) is 14.6 Å². The van der Waals surface area contributed by atoms with Crippen LogP contribution in [0.25, 0.3) is 5.65 Å². The van der Waals surface area contributed by atoms with Crippen molar-refractivity contribution in [2.75, 3.05) is 7.11 Å². The number of hydrogen-bond donors (Lipinski definition) is 0. The van der Waals surface area contributed by atoms with Crippen LogP contribution in [0.3, 0.4) is 0 Å².